The van der Waals surface area contributed by atoms with E-state index in [0.717, 1.165) is 12.1 Å². The van der Waals surface area contributed by atoms with Crippen LogP contribution in [0.3, 0.4) is 0 Å². The normalized spacial score (nSPS) is 14.5. The Bertz CT molecular complexity index is 534. The van der Waals surface area contributed by atoms with E-state index < -0.39 is 35.7 Å². The molecule has 1 unspecified atom stereocenters. The summed E-state index contributed by atoms with van der Waals surface area (Å²) in [7, 11) is 1.54. The minimum Gasteiger partial charge on any atom is -0.406 e. The van der Waals surface area contributed by atoms with E-state index >= 15 is 0 Å². The van der Waals surface area contributed by atoms with Crippen LogP contribution in [0.15, 0.2) is 18.2 Å². The molecule has 3 nitrogen and oxygen atoms in total. The first kappa shape index (κ1) is 19.4. The molecule has 0 amide bonds. The molecule has 0 spiro atoms. The first-order valence-electron chi connectivity index (χ1n) is 6.55. The third-order valence-electron chi connectivity index (χ3n) is 2.91. The Morgan fingerprint density at radius 1 is 0.913 bits per heavy atom. The Kier molecular flexibility index (Phi) is 5.45. The average Bonchev–Trinajstić information content (AvgIpc) is 2.26. The second-order valence-electron chi connectivity index (χ2n) is 5.88. The minimum absolute atomic E-state index is 0.0758. The van der Waals surface area contributed by atoms with Crippen molar-refractivity contribution in [1.82, 2.24) is 5.32 Å². The molecule has 9 heteroatoms. The van der Waals surface area contributed by atoms with Gasteiger partial charge in [-0.25, -0.2) is 0 Å². The van der Waals surface area contributed by atoms with E-state index in [4.69, 9.17) is 0 Å². The van der Waals surface area contributed by atoms with Gasteiger partial charge in [0.1, 0.15) is 11.5 Å². The third-order valence-corrected chi connectivity index (χ3v) is 2.91. The first-order chi connectivity index (χ1) is 10.2. The summed E-state index contributed by atoms with van der Waals surface area (Å²) in [6, 6.07) is 2.06. The molecule has 0 aromatic heterocycles. The Hall–Kier alpha value is -1.64. The van der Waals surface area contributed by atoms with E-state index in [0.29, 0.717) is 6.07 Å². The van der Waals surface area contributed by atoms with Gasteiger partial charge in [-0.3, -0.25) is 0 Å². The standard InChI is InChI=1S/C14H17F6NO2/c1-12(2,3)11(21-4)9-6-5-8(22-13(15,16)17)7-10(9)23-14(18,19)20/h5-7,11,21H,1-4H3. The molecular formula is C14H17F6NO2. The van der Waals surface area contributed by atoms with Crippen LogP contribution in [-0.2, 0) is 0 Å². The van der Waals surface area contributed by atoms with Gasteiger partial charge < -0.3 is 14.8 Å². The van der Waals surface area contributed by atoms with Gasteiger partial charge in [-0.2, -0.15) is 0 Å². The maximum absolute atomic E-state index is 12.5. The van der Waals surface area contributed by atoms with Crippen molar-refractivity contribution < 1.29 is 35.8 Å². The number of hydrogen-bond donors (Lipinski definition) is 1. The molecule has 1 N–H and O–H groups in total. The predicted octanol–water partition coefficient (Wildman–Crippen LogP) is 4.79. The second-order valence-corrected chi connectivity index (χ2v) is 5.88. The van der Waals surface area contributed by atoms with E-state index in [9.17, 15) is 26.3 Å². The van der Waals surface area contributed by atoms with Crippen LogP contribution >= 0.6 is 0 Å². The highest BCUT2D eigenvalue weighted by molar-refractivity contribution is 5.43. The summed E-state index contributed by atoms with van der Waals surface area (Å²) in [6.45, 7) is 5.31. The zero-order valence-electron chi connectivity index (χ0n) is 12.9. The monoisotopic (exact) mass is 345 g/mol. The SMILES string of the molecule is CNC(c1ccc(OC(F)(F)F)cc1OC(F)(F)F)C(C)(C)C. The van der Waals surface area contributed by atoms with Crippen LogP contribution in [0.25, 0.3) is 0 Å². The van der Waals surface area contributed by atoms with Gasteiger partial charge in [-0.15, -0.1) is 26.3 Å². The highest BCUT2D eigenvalue weighted by Gasteiger charge is 2.36. The van der Waals surface area contributed by atoms with E-state index in [1.54, 1.807) is 20.8 Å². The number of hydrogen-bond acceptors (Lipinski definition) is 3. The fraction of sp³-hybridized carbons (Fsp3) is 0.571. The molecule has 23 heavy (non-hydrogen) atoms. The summed E-state index contributed by atoms with van der Waals surface area (Å²) in [5.74, 6) is -1.53. The number of halogens is 6. The van der Waals surface area contributed by atoms with Gasteiger partial charge >= 0.3 is 12.7 Å². The number of benzene rings is 1. The quantitative estimate of drug-likeness (QED) is 0.796. The molecule has 0 heterocycles. The highest BCUT2D eigenvalue weighted by atomic mass is 19.4. The zero-order valence-corrected chi connectivity index (χ0v) is 12.9. The lowest BCUT2D eigenvalue weighted by Crippen LogP contribution is -2.31. The molecule has 0 fully saturated rings. The van der Waals surface area contributed by atoms with E-state index in [1.165, 1.54) is 7.05 Å². The van der Waals surface area contributed by atoms with E-state index in [2.05, 4.69) is 14.8 Å². The smallest absolute Gasteiger partial charge is 0.406 e. The first-order valence-corrected chi connectivity index (χ1v) is 6.55. The highest BCUT2D eigenvalue weighted by Crippen LogP contribution is 2.41. The van der Waals surface area contributed by atoms with Crippen molar-refractivity contribution in [3.63, 3.8) is 0 Å². The summed E-state index contributed by atoms with van der Waals surface area (Å²) < 4.78 is 81.9. The van der Waals surface area contributed by atoms with Gasteiger partial charge in [0.2, 0.25) is 0 Å². The predicted molar refractivity (Wildman–Crippen MR) is 71.1 cm³/mol. The molecule has 1 aromatic carbocycles. The van der Waals surface area contributed by atoms with Gasteiger partial charge in [0.05, 0.1) is 0 Å². The molecular weight excluding hydrogens is 328 g/mol. The second kappa shape index (κ2) is 6.46. The van der Waals surface area contributed by atoms with Crippen LogP contribution < -0.4 is 14.8 Å². The molecule has 0 saturated heterocycles. The topological polar surface area (TPSA) is 30.5 Å². The largest absolute Gasteiger partial charge is 0.573 e. The molecule has 1 aromatic rings. The molecule has 0 saturated carbocycles. The molecule has 1 atom stereocenters. The lowest BCUT2D eigenvalue weighted by molar-refractivity contribution is -0.276. The molecule has 0 radical (unpaired) electrons. The fourth-order valence-electron chi connectivity index (χ4n) is 2.22. The molecule has 0 bridgehead atoms. The van der Waals surface area contributed by atoms with E-state index in [-0.39, 0.29) is 5.56 Å². The van der Waals surface area contributed by atoms with Crippen LogP contribution in [-0.4, -0.2) is 19.8 Å². The summed E-state index contributed by atoms with van der Waals surface area (Å²) >= 11 is 0. The lowest BCUT2D eigenvalue weighted by atomic mass is 9.82. The van der Waals surface area contributed by atoms with Gasteiger partial charge in [0, 0.05) is 17.7 Å². The van der Waals surface area contributed by atoms with Crippen molar-refractivity contribution in [1.29, 1.82) is 0 Å². The maximum atomic E-state index is 12.5. The van der Waals surface area contributed by atoms with Crippen molar-refractivity contribution in [3.8, 4) is 11.5 Å². The minimum atomic E-state index is -5.04. The number of ether oxygens (including phenoxy) is 2. The van der Waals surface area contributed by atoms with Crippen LogP contribution in [0.2, 0.25) is 0 Å². The van der Waals surface area contributed by atoms with Crippen molar-refractivity contribution in [2.24, 2.45) is 5.41 Å². The fourth-order valence-corrected chi connectivity index (χ4v) is 2.22. The van der Waals surface area contributed by atoms with Crippen LogP contribution in [0.4, 0.5) is 26.3 Å². The number of alkyl halides is 6. The zero-order chi connectivity index (χ0) is 18.1. The van der Waals surface area contributed by atoms with Crippen molar-refractivity contribution in [3.05, 3.63) is 23.8 Å². The molecule has 0 aliphatic heterocycles. The van der Waals surface area contributed by atoms with Crippen LogP contribution in [0.5, 0.6) is 11.5 Å². The van der Waals surface area contributed by atoms with Crippen LogP contribution in [0, 0.1) is 5.41 Å². The third kappa shape index (κ3) is 6.17. The van der Waals surface area contributed by atoms with E-state index in [1.807, 2.05) is 0 Å². The van der Waals surface area contributed by atoms with Gasteiger partial charge in [0.25, 0.3) is 0 Å². The number of nitrogens with one attached hydrogen (secondary N) is 1. The Balaban J connectivity index is 3.34. The molecule has 0 aliphatic carbocycles. The maximum Gasteiger partial charge on any atom is 0.573 e. The summed E-state index contributed by atoms with van der Waals surface area (Å²) in [6.07, 6.45) is -10.1. The molecule has 0 aliphatic rings. The van der Waals surface area contributed by atoms with Crippen molar-refractivity contribution in [2.45, 2.75) is 39.5 Å². The van der Waals surface area contributed by atoms with Crippen LogP contribution in [0.1, 0.15) is 32.4 Å². The number of rotatable bonds is 4. The van der Waals surface area contributed by atoms with Gasteiger partial charge in [-0.05, 0) is 18.5 Å². The molecule has 1 rings (SSSR count). The lowest BCUT2D eigenvalue weighted by Gasteiger charge is -2.32. The Morgan fingerprint density at radius 3 is 1.83 bits per heavy atom. The molecule has 132 valence electrons. The Morgan fingerprint density at radius 2 is 1.43 bits per heavy atom. The van der Waals surface area contributed by atoms with Crippen molar-refractivity contribution >= 4 is 0 Å². The Labute approximate surface area is 129 Å². The summed E-state index contributed by atoms with van der Waals surface area (Å²) in [4.78, 5) is 0. The van der Waals surface area contributed by atoms with Gasteiger partial charge in [0.15, 0.2) is 0 Å². The average molecular weight is 345 g/mol. The van der Waals surface area contributed by atoms with Gasteiger partial charge in [-0.1, -0.05) is 26.8 Å². The summed E-state index contributed by atoms with van der Waals surface area (Å²) in [5.41, 5.74) is -0.433. The summed E-state index contributed by atoms with van der Waals surface area (Å²) in [5, 5.41) is 2.84. The van der Waals surface area contributed by atoms with Crippen molar-refractivity contribution in [2.75, 3.05) is 7.05 Å².